The van der Waals surface area contributed by atoms with Crippen LogP contribution in [0.1, 0.15) is 67.7 Å². The molecule has 2 atom stereocenters. The number of hydrogen-bond acceptors (Lipinski definition) is 1. The summed E-state index contributed by atoms with van der Waals surface area (Å²) >= 11 is 0. The van der Waals surface area contributed by atoms with Crippen molar-refractivity contribution in [3.8, 4) is 0 Å². The van der Waals surface area contributed by atoms with Gasteiger partial charge in [-0.25, -0.2) is 0 Å². The molecule has 104 valence electrons. The van der Waals surface area contributed by atoms with Gasteiger partial charge in [-0.2, -0.15) is 0 Å². The SMILES string of the molecule is CCCNCC(C)(CC(C)CC(C)C)C(C)C. The molecule has 0 aromatic rings. The largest absolute Gasteiger partial charge is 0.316 e. The van der Waals surface area contributed by atoms with E-state index in [2.05, 4.69) is 53.8 Å². The Bertz CT molecular complexity index is 186. The van der Waals surface area contributed by atoms with Crippen molar-refractivity contribution in [2.24, 2.45) is 23.2 Å². The highest BCUT2D eigenvalue weighted by Gasteiger charge is 2.29. The average Bonchev–Trinajstić information content (AvgIpc) is 2.16. The van der Waals surface area contributed by atoms with Crippen LogP contribution in [0.5, 0.6) is 0 Å². The van der Waals surface area contributed by atoms with E-state index >= 15 is 0 Å². The molecule has 0 aliphatic rings. The predicted octanol–water partition coefficient (Wildman–Crippen LogP) is 4.72. The first-order chi connectivity index (χ1) is 7.81. The molecular formula is C16H35N. The highest BCUT2D eigenvalue weighted by Crippen LogP contribution is 2.35. The van der Waals surface area contributed by atoms with Crippen molar-refractivity contribution in [1.29, 1.82) is 0 Å². The molecule has 0 fully saturated rings. The lowest BCUT2D eigenvalue weighted by atomic mass is 9.71. The van der Waals surface area contributed by atoms with Gasteiger partial charge in [-0.15, -0.1) is 0 Å². The topological polar surface area (TPSA) is 12.0 Å². The van der Waals surface area contributed by atoms with E-state index in [-0.39, 0.29) is 0 Å². The van der Waals surface area contributed by atoms with Crippen LogP contribution in [0.2, 0.25) is 0 Å². The van der Waals surface area contributed by atoms with Crippen LogP contribution in [0.4, 0.5) is 0 Å². The molecule has 2 unspecified atom stereocenters. The van der Waals surface area contributed by atoms with E-state index in [1.807, 2.05) is 0 Å². The summed E-state index contributed by atoms with van der Waals surface area (Å²) in [5, 5.41) is 3.62. The molecule has 0 bridgehead atoms. The second-order valence-corrected chi connectivity index (χ2v) is 6.92. The molecule has 1 N–H and O–H groups in total. The summed E-state index contributed by atoms with van der Waals surface area (Å²) in [6.07, 6.45) is 3.94. The number of hydrogen-bond donors (Lipinski definition) is 1. The Hall–Kier alpha value is -0.0400. The van der Waals surface area contributed by atoms with Crippen molar-refractivity contribution in [2.75, 3.05) is 13.1 Å². The Morgan fingerprint density at radius 2 is 1.65 bits per heavy atom. The summed E-state index contributed by atoms with van der Waals surface area (Å²) in [7, 11) is 0. The molecule has 1 heteroatoms. The Morgan fingerprint density at radius 1 is 1.06 bits per heavy atom. The monoisotopic (exact) mass is 241 g/mol. The van der Waals surface area contributed by atoms with Crippen molar-refractivity contribution in [2.45, 2.75) is 67.7 Å². The zero-order valence-electron chi connectivity index (χ0n) is 13.3. The van der Waals surface area contributed by atoms with Crippen molar-refractivity contribution in [3.63, 3.8) is 0 Å². The van der Waals surface area contributed by atoms with Crippen LogP contribution in [-0.4, -0.2) is 13.1 Å². The van der Waals surface area contributed by atoms with Crippen LogP contribution < -0.4 is 5.32 Å². The first-order valence-electron chi connectivity index (χ1n) is 7.52. The van der Waals surface area contributed by atoms with E-state index in [4.69, 9.17) is 0 Å². The fourth-order valence-corrected chi connectivity index (χ4v) is 2.75. The minimum Gasteiger partial charge on any atom is -0.316 e. The Morgan fingerprint density at radius 3 is 2.06 bits per heavy atom. The molecule has 0 radical (unpaired) electrons. The van der Waals surface area contributed by atoms with E-state index in [0.717, 1.165) is 24.3 Å². The van der Waals surface area contributed by atoms with Crippen LogP contribution >= 0.6 is 0 Å². The average molecular weight is 241 g/mol. The van der Waals surface area contributed by atoms with Crippen molar-refractivity contribution < 1.29 is 0 Å². The Balaban J connectivity index is 4.29. The van der Waals surface area contributed by atoms with Gasteiger partial charge in [0.1, 0.15) is 0 Å². The van der Waals surface area contributed by atoms with Crippen molar-refractivity contribution in [1.82, 2.24) is 5.32 Å². The Labute approximate surface area is 110 Å². The lowest BCUT2D eigenvalue weighted by Crippen LogP contribution is -2.38. The molecule has 0 saturated carbocycles. The minimum absolute atomic E-state index is 0.448. The molecule has 0 aliphatic carbocycles. The maximum Gasteiger partial charge on any atom is 0.000771 e. The third-order valence-electron chi connectivity index (χ3n) is 4.04. The van der Waals surface area contributed by atoms with Crippen LogP contribution in [0.3, 0.4) is 0 Å². The maximum atomic E-state index is 3.62. The summed E-state index contributed by atoms with van der Waals surface area (Å²) in [6.45, 7) is 18.8. The molecule has 0 heterocycles. The second-order valence-electron chi connectivity index (χ2n) is 6.92. The molecule has 1 nitrogen and oxygen atoms in total. The molecule has 0 amide bonds. The van der Waals surface area contributed by atoms with E-state index in [1.165, 1.54) is 25.8 Å². The van der Waals surface area contributed by atoms with Gasteiger partial charge in [0.25, 0.3) is 0 Å². The maximum absolute atomic E-state index is 3.62. The fraction of sp³-hybridized carbons (Fsp3) is 1.00. The lowest BCUT2D eigenvalue weighted by Gasteiger charge is -2.37. The fourth-order valence-electron chi connectivity index (χ4n) is 2.75. The van der Waals surface area contributed by atoms with Gasteiger partial charge in [-0.1, -0.05) is 48.5 Å². The van der Waals surface area contributed by atoms with Crippen LogP contribution in [0.25, 0.3) is 0 Å². The molecule has 0 aliphatic heterocycles. The van der Waals surface area contributed by atoms with Gasteiger partial charge >= 0.3 is 0 Å². The van der Waals surface area contributed by atoms with Gasteiger partial charge in [-0.05, 0) is 49.0 Å². The van der Waals surface area contributed by atoms with Crippen LogP contribution in [0.15, 0.2) is 0 Å². The standard InChI is InChI=1S/C16H35N/c1-8-9-17-12-16(7,14(4)5)11-15(6)10-13(2)3/h13-15,17H,8-12H2,1-7H3. The van der Waals surface area contributed by atoms with Gasteiger partial charge in [-0.3, -0.25) is 0 Å². The second kappa shape index (κ2) is 8.13. The van der Waals surface area contributed by atoms with Gasteiger partial charge in [0.15, 0.2) is 0 Å². The summed E-state index contributed by atoms with van der Waals surface area (Å²) in [5.41, 5.74) is 0.448. The smallest absolute Gasteiger partial charge is 0.000771 e. The van der Waals surface area contributed by atoms with Crippen LogP contribution in [0, 0.1) is 23.2 Å². The highest BCUT2D eigenvalue weighted by molar-refractivity contribution is 4.82. The molecular weight excluding hydrogens is 206 g/mol. The highest BCUT2D eigenvalue weighted by atomic mass is 14.9. The van der Waals surface area contributed by atoms with E-state index < -0.39 is 0 Å². The van der Waals surface area contributed by atoms with Gasteiger partial charge in [0, 0.05) is 6.54 Å². The first kappa shape index (κ1) is 17.0. The third kappa shape index (κ3) is 7.08. The molecule has 0 saturated heterocycles. The minimum atomic E-state index is 0.448. The van der Waals surface area contributed by atoms with E-state index in [9.17, 15) is 0 Å². The molecule has 0 spiro atoms. The Kier molecular flexibility index (Phi) is 8.11. The summed E-state index contributed by atoms with van der Waals surface area (Å²) < 4.78 is 0. The zero-order chi connectivity index (χ0) is 13.5. The van der Waals surface area contributed by atoms with Crippen molar-refractivity contribution in [3.05, 3.63) is 0 Å². The number of nitrogens with one attached hydrogen (secondary N) is 1. The van der Waals surface area contributed by atoms with Gasteiger partial charge in [0.05, 0.1) is 0 Å². The normalized spacial score (nSPS) is 17.5. The molecule has 0 aromatic carbocycles. The lowest BCUT2D eigenvalue weighted by molar-refractivity contribution is 0.153. The van der Waals surface area contributed by atoms with Gasteiger partial charge in [0.2, 0.25) is 0 Å². The van der Waals surface area contributed by atoms with E-state index in [0.29, 0.717) is 5.41 Å². The van der Waals surface area contributed by atoms with Gasteiger partial charge < -0.3 is 5.32 Å². The van der Waals surface area contributed by atoms with Crippen molar-refractivity contribution >= 4 is 0 Å². The quantitative estimate of drug-likeness (QED) is 0.576. The van der Waals surface area contributed by atoms with E-state index in [1.54, 1.807) is 0 Å². The first-order valence-corrected chi connectivity index (χ1v) is 7.52. The summed E-state index contributed by atoms with van der Waals surface area (Å²) in [5.74, 6) is 2.41. The van der Waals surface area contributed by atoms with Crippen LogP contribution in [-0.2, 0) is 0 Å². The molecule has 0 aromatic heterocycles. The summed E-state index contributed by atoms with van der Waals surface area (Å²) in [4.78, 5) is 0. The summed E-state index contributed by atoms with van der Waals surface area (Å²) in [6, 6.07) is 0. The zero-order valence-corrected chi connectivity index (χ0v) is 13.3. The number of rotatable bonds is 9. The molecule has 0 rings (SSSR count). The molecule has 17 heavy (non-hydrogen) atoms. The predicted molar refractivity (Wildman–Crippen MR) is 79.3 cm³/mol. The third-order valence-corrected chi connectivity index (χ3v) is 4.04.